The lowest BCUT2D eigenvalue weighted by molar-refractivity contribution is 1.07. The molecule has 3 rings (SSSR count). The molecule has 2 heterocycles. The number of H-pyrrole nitrogens is 3. The molecular weight excluding hydrogens is 244 g/mol. The Kier molecular flexibility index (Phi) is 2.38. The highest BCUT2D eigenvalue weighted by atomic mass is 16.2. The molecule has 0 amide bonds. The number of hydrogen-bond acceptors (Lipinski definition) is 3. The standard InChI is InChI=1S/C13H12N4O2/c1-6-4-3-5-8(7(6)2)10-14-9-11(15-10)16-13(19)17-12(9)18/h3-5H,1-2H3,(H3,14,15,16,17,18,19). The number of nitrogens with one attached hydrogen (secondary N) is 3. The zero-order valence-electron chi connectivity index (χ0n) is 10.5. The zero-order valence-corrected chi connectivity index (χ0v) is 10.5. The summed E-state index contributed by atoms with van der Waals surface area (Å²) in [5, 5.41) is 0. The molecule has 3 aromatic rings. The van der Waals surface area contributed by atoms with Crippen molar-refractivity contribution in [3.8, 4) is 11.4 Å². The summed E-state index contributed by atoms with van der Waals surface area (Å²) in [7, 11) is 0. The first kappa shape index (κ1) is 11.5. The van der Waals surface area contributed by atoms with Crippen molar-refractivity contribution in [1.82, 2.24) is 19.9 Å². The van der Waals surface area contributed by atoms with Crippen molar-refractivity contribution in [3.05, 3.63) is 50.2 Å². The molecule has 6 nitrogen and oxygen atoms in total. The number of imidazole rings is 1. The van der Waals surface area contributed by atoms with Crippen LogP contribution in [0.15, 0.2) is 27.8 Å². The number of aryl methyl sites for hydroxylation is 1. The normalized spacial score (nSPS) is 11.1. The molecule has 0 spiro atoms. The van der Waals surface area contributed by atoms with Crippen LogP contribution < -0.4 is 11.2 Å². The fraction of sp³-hybridized carbons (Fsp3) is 0.154. The molecule has 0 atom stereocenters. The highest BCUT2D eigenvalue weighted by Gasteiger charge is 2.11. The second-order valence-electron chi connectivity index (χ2n) is 4.46. The third-order valence-electron chi connectivity index (χ3n) is 3.25. The van der Waals surface area contributed by atoms with Gasteiger partial charge in [-0.25, -0.2) is 9.78 Å². The van der Waals surface area contributed by atoms with E-state index >= 15 is 0 Å². The SMILES string of the molecule is Cc1cccc(-c2nc3[nH]c(=O)[nH]c(=O)c3[nH]2)c1C. The number of benzene rings is 1. The highest BCUT2D eigenvalue weighted by molar-refractivity contribution is 5.75. The fourth-order valence-corrected chi connectivity index (χ4v) is 2.07. The average molecular weight is 256 g/mol. The lowest BCUT2D eigenvalue weighted by Gasteiger charge is -2.04. The maximum Gasteiger partial charge on any atom is 0.327 e. The van der Waals surface area contributed by atoms with Gasteiger partial charge in [0.25, 0.3) is 5.56 Å². The van der Waals surface area contributed by atoms with Crippen LogP contribution in [0.25, 0.3) is 22.6 Å². The van der Waals surface area contributed by atoms with E-state index < -0.39 is 11.2 Å². The molecule has 1 aromatic carbocycles. The molecule has 96 valence electrons. The third-order valence-corrected chi connectivity index (χ3v) is 3.25. The molecule has 0 saturated carbocycles. The van der Waals surface area contributed by atoms with Crippen molar-refractivity contribution in [1.29, 1.82) is 0 Å². The third kappa shape index (κ3) is 1.77. The van der Waals surface area contributed by atoms with Gasteiger partial charge in [0, 0.05) is 5.56 Å². The topological polar surface area (TPSA) is 94.4 Å². The van der Waals surface area contributed by atoms with E-state index in [4.69, 9.17) is 0 Å². The van der Waals surface area contributed by atoms with Gasteiger partial charge >= 0.3 is 5.69 Å². The van der Waals surface area contributed by atoms with Gasteiger partial charge in [0.15, 0.2) is 5.65 Å². The van der Waals surface area contributed by atoms with Crippen LogP contribution in [-0.2, 0) is 0 Å². The predicted molar refractivity (Wildman–Crippen MR) is 72.2 cm³/mol. The van der Waals surface area contributed by atoms with Crippen LogP contribution in [-0.4, -0.2) is 19.9 Å². The Morgan fingerprint density at radius 2 is 1.84 bits per heavy atom. The summed E-state index contributed by atoms with van der Waals surface area (Å²) in [6.45, 7) is 4.00. The van der Waals surface area contributed by atoms with Crippen LogP contribution in [0.3, 0.4) is 0 Å². The Morgan fingerprint density at radius 3 is 2.63 bits per heavy atom. The van der Waals surface area contributed by atoms with Gasteiger partial charge in [-0.15, -0.1) is 0 Å². The Bertz CT molecular complexity index is 886. The van der Waals surface area contributed by atoms with Crippen LogP contribution in [0.4, 0.5) is 0 Å². The van der Waals surface area contributed by atoms with E-state index in [9.17, 15) is 9.59 Å². The monoisotopic (exact) mass is 256 g/mol. The van der Waals surface area contributed by atoms with Crippen molar-refractivity contribution in [3.63, 3.8) is 0 Å². The summed E-state index contributed by atoms with van der Waals surface area (Å²) in [6.07, 6.45) is 0. The smallest absolute Gasteiger partial charge is 0.327 e. The maximum atomic E-state index is 11.6. The molecule has 2 aromatic heterocycles. The minimum atomic E-state index is -0.559. The summed E-state index contributed by atoms with van der Waals surface area (Å²) in [4.78, 5) is 34.7. The highest BCUT2D eigenvalue weighted by Crippen LogP contribution is 2.23. The van der Waals surface area contributed by atoms with Gasteiger partial charge < -0.3 is 4.98 Å². The number of fused-ring (bicyclic) bond motifs is 1. The first-order chi connectivity index (χ1) is 9.06. The first-order valence-corrected chi connectivity index (χ1v) is 5.85. The van der Waals surface area contributed by atoms with E-state index in [1.165, 1.54) is 0 Å². The summed E-state index contributed by atoms with van der Waals surface area (Å²) in [5.41, 5.74) is 2.65. The Balaban J connectivity index is 2.33. The van der Waals surface area contributed by atoms with Gasteiger partial charge in [-0.05, 0) is 25.0 Å². The number of nitrogens with zero attached hydrogens (tertiary/aromatic N) is 1. The Morgan fingerprint density at radius 1 is 1.05 bits per heavy atom. The van der Waals surface area contributed by atoms with Crippen molar-refractivity contribution >= 4 is 11.2 Å². The molecule has 0 bridgehead atoms. The molecule has 6 heteroatoms. The predicted octanol–water partition coefficient (Wildman–Crippen LogP) is 1.22. The van der Waals surface area contributed by atoms with Gasteiger partial charge in [-0.1, -0.05) is 18.2 Å². The van der Waals surface area contributed by atoms with Crippen molar-refractivity contribution in [2.24, 2.45) is 0 Å². The van der Waals surface area contributed by atoms with Gasteiger partial charge in [-0.2, -0.15) is 0 Å². The van der Waals surface area contributed by atoms with Crippen LogP contribution in [0.2, 0.25) is 0 Å². The summed E-state index contributed by atoms with van der Waals surface area (Å²) < 4.78 is 0. The summed E-state index contributed by atoms with van der Waals surface area (Å²) in [6, 6.07) is 5.86. The van der Waals surface area contributed by atoms with Crippen LogP contribution in [0.1, 0.15) is 11.1 Å². The van der Waals surface area contributed by atoms with E-state index in [-0.39, 0.29) is 11.2 Å². The van der Waals surface area contributed by atoms with E-state index in [1.807, 2.05) is 32.0 Å². The molecule has 0 unspecified atom stereocenters. The lowest BCUT2D eigenvalue weighted by atomic mass is 10.0. The number of rotatable bonds is 1. The van der Waals surface area contributed by atoms with E-state index in [0.29, 0.717) is 5.82 Å². The maximum absolute atomic E-state index is 11.6. The summed E-state index contributed by atoms with van der Waals surface area (Å²) >= 11 is 0. The molecule has 0 fully saturated rings. The fourth-order valence-electron chi connectivity index (χ4n) is 2.07. The molecule has 0 radical (unpaired) electrons. The molecule has 0 aliphatic carbocycles. The Hall–Kier alpha value is -2.63. The van der Waals surface area contributed by atoms with E-state index in [1.54, 1.807) is 0 Å². The molecule has 3 N–H and O–H groups in total. The first-order valence-electron chi connectivity index (χ1n) is 5.85. The van der Waals surface area contributed by atoms with Gasteiger partial charge in [0.05, 0.1) is 0 Å². The quantitative estimate of drug-likeness (QED) is 0.611. The Labute approximate surface area is 107 Å². The van der Waals surface area contributed by atoms with Crippen molar-refractivity contribution in [2.45, 2.75) is 13.8 Å². The minimum Gasteiger partial charge on any atom is -0.332 e. The summed E-state index contributed by atoms with van der Waals surface area (Å²) in [5.74, 6) is 0.573. The number of aromatic amines is 3. The second kappa shape index (κ2) is 3.94. The number of hydrogen-bond donors (Lipinski definition) is 3. The van der Waals surface area contributed by atoms with Gasteiger partial charge in [0.2, 0.25) is 0 Å². The van der Waals surface area contributed by atoms with Crippen molar-refractivity contribution < 1.29 is 0 Å². The van der Waals surface area contributed by atoms with E-state index in [0.717, 1.165) is 16.7 Å². The molecule has 0 aliphatic heterocycles. The lowest BCUT2D eigenvalue weighted by Crippen LogP contribution is -2.21. The van der Waals surface area contributed by atoms with E-state index in [2.05, 4.69) is 19.9 Å². The molecule has 0 saturated heterocycles. The largest absolute Gasteiger partial charge is 0.332 e. The second-order valence-corrected chi connectivity index (χ2v) is 4.46. The zero-order chi connectivity index (χ0) is 13.6. The average Bonchev–Trinajstić information content (AvgIpc) is 2.76. The molecular formula is C13H12N4O2. The molecule has 0 aliphatic rings. The minimum absolute atomic E-state index is 0.268. The van der Waals surface area contributed by atoms with Crippen molar-refractivity contribution in [2.75, 3.05) is 0 Å². The van der Waals surface area contributed by atoms with Gasteiger partial charge in [-0.3, -0.25) is 14.8 Å². The number of aromatic nitrogens is 4. The van der Waals surface area contributed by atoms with Crippen LogP contribution >= 0.6 is 0 Å². The van der Waals surface area contributed by atoms with Gasteiger partial charge in [0.1, 0.15) is 11.3 Å². The molecule has 19 heavy (non-hydrogen) atoms. The van der Waals surface area contributed by atoms with Crippen LogP contribution in [0.5, 0.6) is 0 Å². The van der Waals surface area contributed by atoms with Crippen LogP contribution in [0, 0.1) is 13.8 Å².